The fourth-order valence-electron chi connectivity index (χ4n) is 0.502. The maximum Gasteiger partial charge on any atom is 0.172 e. The van der Waals surface area contributed by atoms with Gasteiger partial charge in [0.1, 0.15) is 0 Å². The summed E-state index contributed by atoms with van der Waals surface area (Å²) in [5.74, 6) is 0.0382. The van der Waals surface area contributed by atoms with E-state index in [0.29, 0.717) is 13.1 Å². The third kappa shape index (κ3) is 6.03. The summed E-state index contributed by atoms with van der Waals surface area (Å²) in [4.78, 5) is 0. The SMILES string of the molecule is C=CS(=O)(=O)CCNCCO. The minimum absolute atomic E-state index is 0.0220. The lowest BCUT2D eigenvalue weighted by Crippen LogP contribution is -2.24. The molecule has 0 fully saturated rings. The number of nitrogens with one attached hydrogen (secondary N) is 1. The van der Waals surface area contributed by atoms with Crippen LogP contribution in [0.2, 0.25) is 0 Å². The Bertz CT molecular complexity index is 198. The molecule has 0 radical (unpaired) electrons. The molecule has 0 bridgehead atoms. The van der Waals surface area contributed by atoms with Crippen molar-refractivity contribution < 1.29 is 13.5 Å². The number of hydrogen-bond acceptors (Lipinski definition) is 4. The lowest BCUT2D eigenvalue weighted by Gasteiger charge is -1.99. The van der Waals surface area contributed by atoms with Crippen molar-refractivity contribution in [2.75, 3.05) is 25.4 Å². The van der Waals surface area contributed by atoms with Gasteiger partial charge < -0.3 is 10.4 Å². The second-order valence-corrected chi connectivity index (χ2v) is 4.07. The topological polar surface area (TPSA) is 66.4 Å². The summed E-state index contributed by atoms with van der Waals surface area (Å²) in [6.07, 6.45) is 0. The number of hydrogen-bond donors (Lipinski definition) is 2. The zero-order chi connectivity index (χ0) is 8.74. The first-order valence-corrected chi connectivity index (χ1v) is 5.00. The van der Waals surface area contributed by atoms with Gasteiger partial charge in [0.25, 0.3) is 0 Å². The van der Waals surface area contributed by atoms with E-state index in [1.54, 1.807) is 0 Å². The second-order valence-electron chi connectivity index (χ2n) is 2.01. The van der Waals surface area contributed by atoms with Gasteiger partial charge in [0, 0.05) is 18.5 Å². The highest BCUT2D eigenvalue weighted by molar-refractivity contribution is 7.94. The van der Waals surface area contributed by atoms with Crippen LogP contribution in [0.1, 0.15) is 0 Å². The van der Waals surface area contributed by atoms with Crippen LogP contribution in [-0.2, 0) is 9.84 Å². The molecule has 0 aromatic carbocycles. The summed E-state index contributed by atoms with van der Waals surface area (Å²) in [5.41, 5.74) is 0. The Morgan fingerprint density at radius 2 is 2.09 bits per heavy atom. The van der Waals surface area contributed by atoms with Crippen molar-refractivity contribution in [3.05, 3.63) is 12.0 Å². The molecule has 0 atom stereocenters. The molecule has 0 saturated carbocycles. The molecule has 0 amide bonds. The van der Waals surface area contributed by atoms with E-state index in [1.807, 2.05) is 0 Å². The van der Waals surface area contributed by atoms with Crippen molar-refractivity contribution in [3.63, 3.8) is 0 Å². The van der Waals surface area contributed by atoms with Crippen LogP contribution in [0.3, 0.4) is 0 Å². The van der Waals surface area contributed by atoms with Crippen LogP contribution in [-0.4, -0.2) is 39.0 Å². The van der Waals surface area contributed by atoms with Crippen LogP contribution < -0.4 is 5.32 Å². The zero-order valence-corrected chi connectivity index (χ0v) is 7.10. The lowest BCUT2D eigenvalue weighted by atomic mass is 10.6. The standard InChI is InChI=1S/C6H13NO3S/c1-2-11(9,10)6-4-7-3-5-8/h2,7-8H,1,3-6H2. The first-order chi connectivity index (χ1) is 5.12. The molecule has 0 heterocycles. The van der Waals surface area contributed by atoms with Crippen LogP contribution in [0.25, 0.3) is 0 Å². The summed E-state index contributed by atoms with van der Waals surface area (Å²) in [6.45, 7) is 3.97. The Morgan fingerprint density at radius 3 is 2.55 bits per heavy atom. The Hall–Kier alpha value is -0.390. The summed E-state index contributed by atoms with van der Waals surface area (Å²) in [7, 11) is -3.08. The van der Waals surface area contributed by atoms with Crippen LogP contribution in [0.4, 0.5) is 0 Å². The molecule has 5 heteroatoms. The number of aliphatic hydroxyl groups is 1. The smallest absolute Gasteiger partial charge is 0.172 e. The summed E-state index contributed by atoms with van der Waals surface area (Å²) in [5, 5.41) is 12.0. The van der Waals surface area contributed by atoms with Crippen LogP contribution in [0.5, 0.6) is 0 Å². The van der Waals surface area contributed by atoms with E-state index in [2.05, 4.69) is 11.9 Å². The largest absolute Gasteiger partial charge is 0.395 e. The molecule has 4 nitrogen and oxygen atoms in total. The van der Waals surface area contributed by atoms with Gasteiger partial charge in [-0.25, -0.2) is 8.42 Å². The Labute approximate surface area is 66.8 Å². The molecular weight excluding hydrogens is 166 g/mol. The van der Waals surface area contributed by atoms with Crippen molar-refractivity contribution in [1.82, 2.24) is 5.32 Å². The van der Waals surface area contributed by atoms with Gasteiger partial charge in [0.2, 0.25) is 0 Å². The van der Waals surface area contributed by atoms with E-state index in [4.69, 9.17) is 5.11 Å². The molecule has 0 aliphatic heterocycles. The van der Waals surface area contributed by atoms with Gasteiger partial charge in [0.15, 0.2) is 9.84 Å². The molecule has 0 aromatic rings. The van der Waals surface area contributed by atoms with E-state index in [1.165, 1.54) is 0 Å². The molecule has 11 heavy (non-hydrogen) atoms. The highest BCUT2D eigenvalue weighted by Crippen LogP contribution is 1.87. The van der Waals surface area contributed by atoms with Gasteiger partial charge in [-0.3, -0.25) is 0 Å². The molecule has 0 aliphatic carbocycles. The van der Waals surface area contributed by atoms with E-state index in [-0.39, 0.29) is 12.4 Å². The van der Waals surface area contributed by atoms with Crippen molar-refractivity contribution in [2.24, 2.45) is 0 Å². The number of aliphatic hydroxyl groups excluding tert-OH is 1. The molecule has 0 unspecified atom stereocenters. The predicted octanol–water partition coefficient (Wildman–Crippen LogP) is -0.873. The first-order valence-electron chi connectivity index (χ1n) is 3.29. The maximum atomic E-state index is 10.7. The normalized spacial score (nSPS) is 11.4. The van der Waals surface area contributed by atoms with Crippen molar-refractivity contribution in [1.29, 1.82) is 0 Å². The van der Waals surface area contributed by atoms with Crippen LogP contribution >= 0.6 is 0 Å². The van der Waals surface area contributed by atoms with E-state index < -0.39 is 9.84 Å². The Morgan fingerprint density at radius 1 is 1.45 bits per heavy atom. The van der Waals surface area contributed by atoms with Gasteiger partial charge in [-0.05, 0) is 0 Å². The fourth-order valence-corrected chi connectivity index (χ4v) is 1.10. The molecule has 0 rings (SSSR count). The maximum absolute atomic E-state index is 10.7. The molecule has 66 valence electrons. The fraction of sp³-hybridized carbons (Fsp3) is 0.667. The van der Waals surface area contributed by atoms with Gasteiger partial charge in [-0.1, -0.05) is 6.58 Å². The third-order valence-corrected chi connectivity index (χ3v) is 2.39. The summed E-state index contributed by atoms with van der Waals surface area (Å²) in [6, 6.07) is 0. The van der Waals surface area contributed by atoms with Gasteiger partial charge >= 0.3 is 0 Å². The minimum Gasteiger partial charge on any atom is -0.395 e. The van der Waals surface area contributed by atoms with E-state index in [9.17, 15) is 8.42 Å². The number of sulfone groups is 1. The van der Waals surface area contributed by atoms with Gasteiger partial charge in [-0.2, -0.15) is 0 Å². The van der Waals surface area contributed by atoms with Gasteiger partial charge in [-0.15, -0.1) is 0 Å². The van der Waals surface area contributed by atoms with Crippen LogP contribution in [0, 0.1) is 0 Å². The van der Waals surface area contributed by atoms with Crippen LogP contribution in [0.15, 0.2) is 12.0 Å². The quantitative estimate of drug-likeness (QED) is 0.520. The average Bonchev–Trinajstić information content (AvgIpc) is 1.99. The summed E-state index contributed by atoms with van der Waals surface area (Å²) >= 11 is 0. The minimum atomic E-state index is -3.08. The lowest BCUT2D eigenvalue weighted by molar-refractivity contribution is 0.293. The number of rotatable bonds is 6. The predicted molar refractivity (Wildman–Crippen MR) is 43.9 cm³/mol. The van der Waals surface area contributed by atoms with E-state index in [0.717, 1.165) is 5.41 Å². The zero-order valence-electron chi connectivity index (χ0n) is 6.28. The Balaban J connectivity index is 3.47. The summed E-state index contributed by atoms with van der Waals surface area (Å²) < 4.78 is 21.5. The van der Waals surface area contributed by atoms with E-state index >= 15 is 0 Å². The molecule has 0 aliphatic rings. The first kappa shape index (κ1) is 10.6. The monoisotopic (exact) mass is 179 g/mol. The molecule has 0 spiro atoms. The van der Waals surface area contributed by atoms with Crippen molar-refractivity contribution in [2.45, 2.75) is 0 Å². The Kier molecular flexibility index (Phi) is 5.10. The second kappa shape index (κ2) is 5.29. The van der Waals surface area contributed by atoms with Gasteiger partial charge in [0.05, 0.1) is 12.4 Å². The van der Waals surface area contributed by atoms with Crippen molar-refractivity contribution in [3.8, 4) is 0 Å². The molecule has 2 N–H and O–H groups in total. The molecular formula is C6H13NO3S. The average molecular weight is 179 g/mol. The highest BCUT2D eigenvalue weighted by Gasteiger charge is 2.02. The van der Waals surface area contributed by atoms with Crippen molar-refractivity contribution >= 4 is 9.84 Å². The third-order valence-electron chi connectivity index (χ3n) is 1.11. The highest BCUT2D eigenvalue weighted by atomic mass is 32.2. The molecule has 0 aromatic heterocycles. The molecule has 0 saturated heterocycles.